The summed E-state index contributed by atoms with van der Waals surface area (Å²) in [5.41, 5.74) is 6.18. The normalized spacial score (nSPS) is 15.1. The number of pyridine rings is 1. The molecule has 1 aliphatic heterocycles. The van der Waals surface area contributed by atoms with Crippen LogP contribution in [0.3, 0.4) is 0 Å². The Kier molecular flexibility index (Phi) is 3.87. The number of hydrogen-bond acceptors (Lipinski definition) is 6. The number of imide groups is 1. The molecular formula is C13H14ClN3O4. The highest BCUT2D eigenvalue weighted by Crippen LogP contribution is 2.34. The van der Waals surface area contributed by atoms with Gasteiger partial charge >= 0.3 is 5.97 Å². The Bertz CT molecular complexity index is 659. The lowest BCUT2D eigenvalue weighted by Crippen LogP contribution is -2.43. The molecule has 1 aromatic heterocycles. The molecule has 1 aliphatic rings. The van der Waals surface area contributed by atoms with E-state index in [4.69, 9.17) is 22.1 Å². The summed E-state index contributed by atoms with van der Waals surface area (Å²) in [6.07, 6.45) is 0. The highest BCUT2D eigenvalue weighted by molar-refractivity contribution is 6.37. The number of amides is 2. The molecule has 7 nitrogen and oxygen atoms in total. The standard InChI is InChI=1S/C13H14ClN3O4/c1-4-21-13(20)6(3)17-11(18)7-8(12(17)19)10(14)16-5(2)9(7)15/h6H,4,15H2,1-3H3. The van der Waals surface area contributed by atoms with Crippen LogP contribution in [0.1, 0.15) is 40.3 Å². The molecule has 0 spiro atoms. The first-order chi connectivity index (χ1) is 9.81. The van der Waals surface area contributed by atoms with Gasteiger partial charge in [-0.05, 0) is 20.8 Å². The fourth-order valence-corrected chi connectivity index (χ4v) is 2.45. The lowest BCUT2D eigenvalue weighted by atomic mass is 10.1. The summed E-state index contributed by atoms with van der Waals surface area (Å²) in [4.78, 5) is 41.3. The molecule has 2 N–H and O–H groups in total. The van der Waals surface area contributed by atoms with E-state index >= 15 is 0 Å². The molecule has 0 aliphatic carbocycles. The van der Waals surface area contributed by atoms with Gasteiger partial charge in [0, 0.05) is 0 Å². The fourth-order valence-electron chi connectivity index (χ4n) is 2.15. The van der Waals surface area contributed by atoms with Gasteiger partial charge < -0.3 is 10.5 Å². The molecule has 21 heavy (non-hydrogen) atoms. The summed E-state index contributed by atoms with van der Waals surface area (Å²) < 4.78 is 4.83. The number of fused-ring (bicyclic) bond motifs is 1. The van der Waals surface area contributed by atoms with E-state index in [0.717, 1.165) is 4.90 Å². The van der Waals surface area contributed by atoms with Crippen molar-refractivity contribution in [3.8, 4) is 0 Å². The molecule has 0 aromatic carbocycles. The molecule has 1 atom stereocenters. The number of halogens is 1. The number of aromatic nitrogens is 1. The van der Waals surface area contributed by atoms with E-state index in [-0.39, 0.29) is 28.6 Å². The number of rotatable bonds is 3. The first kappa shape index (κ1) is 15.2. The molecule has 1 unspecified atom stereocenters. The lowest BCUT2D eigenvalue weighted by molar-refractivity contribution is -0.147. The maximum atomic E-state index is 12.4. The summed E-state index contributed by atoms with van der Waals surface area (Å²) in [6.45, 7) is 4.77. The summed E-state index contributed by atoms with van der Waals surface area (Å²) in [6, 6.07) is -1.06. The van der Waals surface area contributed by atoms with Crippen molar-refractivity contribution in [2.45, 2.75) is 26.8 Å². The summed E-state index contributed by atoms with van der Waals surface area (Å²) in [5, 5.41) is -0.103. The van der Waals surface area contributed by atoms with Crippen LogP contribution in [0.15, 0.2) is 0 Å². The minimum absolute atomic E-state index is 0.00588. The third-order valence-electron chi connectivity index (χ3n) is 3.26. The van der Waals surface area contributed by atoms with E-state index in [1.54, 1.807) is 13.8 Å². The maximum Gasteiger partial charge on any atom is 0.329 e. The fraction of sp³-hybridized carbons (Fsp3) is 0.385. The van der Waals surface area contributed by atoms with Crippen LogP contribution < -0.4 is 5.73 Å². The van der Waals surface area contributed by atoms with Crippen LogP contribution in [0.5, 0.6) is 0 Å². The minimum Gasteiger partial charge on any atom is -0.464 e. The number of esters is 1. The Balaban J connectivity index is 2.51. The van der Waals surface area contributed by atoms with Crippen molar-refractivity contribution in [3.63, 3.8) is 0 Å². The molecule has 2 rings (SSSR count). The van der Waals surface area contributed by atoms with Crippen LogP contribution in [0, 0.1) is 6.92 Å². The van der Waals surface area contributed by atoms with Crippen LogP contribution in [0.4, 0.5) is 5.69 Å². The zero-order valence-corrected chi connectivity index (χ0v) is 12.5. The van der Waals surface area contributed by atoms with E-state index in [2.05, 4.69) is 4.98 Å². The van der Waals surface area contributed by atoms with E-state index in [9.17, 15) is 14.4 Å². The number of nitrogens with zero attached hydrogens (tertiary/aromatic N) is 2. The van der Waals surface area contributed by atoms with Crippen molar-refractivity contribution >= 4 is 35.1 Å². The maximum absolute atomic E-state index is 12.4. The molecule has 0 bridgehead atoms. The molecule has 8 heteroatoms. The number of anilines is 1. The predicted octanol–water partition coefficient (Wildman–Crippen LogP) is 1.17. The van der Waals surface area contributed by atoms with Crippen LogP contribution >= 0.6 is 11.6 Å². The molecule has 0 saturated carbocycles. The quantitative estimate of drug-likeness (QED) is 0.510. The first-order valence-corrected chi connectivity index (χ1v) is 6.69. The molecular weight excluding hydrogens is 298 g/mol. The van der Waals surface area contributed by atoms with Gasteiger partial charge in [0.05, 0.1) is 29.1 Å². The summed E-state index contributed by atoms with van der Waals surface area (Å²) in [5.74, 6) is -2.04. The molecule has 2 amide bonds. The van der Waals surface area contributed by atoms with Crippen molar-refractivity contribution in [1.29, 1.82) is 0 Å². The van der Waals surface area contributed by atoms with Gasteiger partial charge in [0.25, 0.3) is 11.8 Å². The van der Waals surface area contributed by atoms with Crippen LogP contribution in [-0.2, 0) is 9.53 Å². The summed E-state index contributed by atoms with van der Waals surface area (Å²) in [7, 11) is 0. The zero-order valence-electron chi connectivity index (χ0n) is 11.8. The van der Waals surface area contributed by atoms with Crippen molar-refractivity contribution in [3.05, 3.63) is 22.0 Å². The summed E-state index contributed by atoms with van der Waals surface area (Å²) >= 11 is 5.94. The van der Waals surface area contributed by atoms with Crippen molar-refractivity contribution in [2.75, 3.05) is 12.3 Å². The molecule has 1 aromatic rings. The number of nitrogens with two attached hydrogens (primary N) is 1. The molecule has 0 fully saturated rings. The third-order valence-corrected chi connectivity index (χ3v) is 3.54. The van der Waals surface area contributed by atoms with E-state index in [1.165, 1.54) is 6.92 Å². The van der Waals surface area contributed by atoms with Gasteiger partial charge in [-0.3, -0.25) is 14.5 Å². The van der Waals surface area contributed by atoms with Crippen LogP contribution in [0.25, 0.3) is 0 Å². The second-order valence-electron chi connectivity index (χ2n) is 4.56. The van der Waals surface area contributed by atoms with Crippen molar-refractivity contribution in [2.24, 2.45) is 0 Å². The van der Waals surface area contributed by atoms with Gasteiger partial charge in [-0.15, -0.1) is 0 Å². The van der Waals surface area contributed by atoms with Crippen molar-refractivity contribution < 1.29 is 19.1 Å². The Labute approximate surface area is 126 Å². The van der Waals surface area contributed by atoms with Gasteiger partial charge in [-0.1, -0.05) is 11.6 Å². The van der Waals surface area contributed by atoms with Gasteiger partial charge in [-0.2, -0.15) is 0 Å². The highest BCUT2D eigenvalue weighted by atomic mass is 35.5. The smallest absolute Gasteiger partial charge is 0.329 e. The second kappa shape index (κ2) is 5.33. The van der Waals surface area contributed by atoms with E-state index in [0.29, 0.717) is 5.69 Å². The largest absolute Gasteiger partial charge is 0.464 e. The Morgan fingerprint density at radius 2 is 1.95 bits per heavy atom. The average Bonchev–Trinajstić information content (AvgIpc) is 2.68. The Morgan fingerprint density at radius 1 is 1.38 bits per heavy atom. The van der Waals surface area contributed by atoms with E-state index < -0.39 is 23.8 Å². The van der Waals surface area contributed by atoms with E-state index in [1.807, 2.05) is 0 Å². The topological polar surface area (TPSA) is 103 Å². The third kappa shape index (κ3) is 2.23. The van der Waals surface area contributed by atoms with Crippen LogP contribution in [-0.4, -0.2) is 40.3 Å². The number of nitrogen functional groups attached to an aromatic ring is 1. The van der Waals surface area contributed by atoms with Gasteiger partial charge in [0.1, 0.15) is 11.2 Å². The number of hydrogen-bond donors (Lipinski definition) is 1. The number of aryl methyl sites for hydroxylation is 1. The number of carbonyl (C=O) groups excluding carboxylic acids is 3. The zero-order chi connectivity index (χ0) is 15.9. The monoisotopic (exact) mass is 311 g/mol. The molecule has 112 valence electrons. The lowest BCUT2D eigenvalue weighted by Gasteiger charge is -2.20. The first-order valence-electron chi connectivity index (χ1n) is 6.31. The number of ether oxygens (including phenoxy) is 1. The number of carbonyl (C=O) groups is 3. The minimum atomic E-state index is -1.06. The highest BCUT2D eigenvalue weighted by Gasteiger charge is 2.44. The Hall–Kier alpha value is -2.15. The van der Waals surface area contributed by atoms with Crippen LogP contribution in [0.2, 0.25) is 5.15 Å². The predicted molar refractivity (Wildman–Crippen MR) is 75.0 cm³/mol. The molecule has 2 heterocycles. The average molecular weight is 312 g/mol. The molecule has 0 radical (unpaired) electrons. The second-order valence-corrected chi connectivity index (χ2v) is 4.92. The van der Waals surface area contributed by atoms with Gasteiger partial charge in [0.2, 0.25) is 0 Å². The SMILES string of the molecule is CCOC(=O)C(C)N1C(=O)c2c(Cl)nc(C)c(N)c2C1=O. The van der Waals surface area contributed by atoms with Gasteiger partial charge in [-0.25, -0.2) is 9.78 Å². The Morgan fingerprint density at radius 3 is 2.52 bits per heavy atom. The van der Waals surface area contributed by atoms with Gasteiger partial charge in [0.15, 0.2) is 0 Å². The molecule has 0 saturated heterocycles. The van der Waals surface area contributed by atoms with Crippen molar-refractivity contribution in [1.82, 2.24) is 9.88 Å².